The average Bonchev–Trinajstić information content (AvgIpc) is 2.05. The molecule has 0 aliphatic carbocycles. The van der Waals surface area contributed by atoms with Crippen LogP contribution in [0, 0.1) is 18.8 Å². The lowest BCUT2D eigenvalue weighted by Crippen LogP contribution is -1.97. The van der Waals surface area contributed by atoms with Crippen molar-refractivity contribution in [2.45, 2.75) is 13.8 Å². The summed E-state index contributed by atoms with van der Waals surface area (Å²) in [6, 6.07) is 0. The predicted molar refractivity (Wildman–Crippen MR) is 45.7 cm³/mol. The summed E-state index contributed by atoms with van der Waals surface area (Å²) >= 11 is 0. The van der Waals surface area contributed by atoms with Gasteiger partial charge in [-0.3, -0.25) is 4.98 Å². The molecule has 1 rings (SSSR count). The van der Waals surface area contributed by atoms with E-state index in [1.165, 1.54) is 0 Å². The van der Waals surface area contributed by atoms with Crippen LogP contribution in [-0.2, 0) is 0 Å². The summed E-state index contributed by atoms with van der Waals surface area (Å²) in [7, 11) is 0. The van der Waals surface area contributed by atoms with Gasteiger partial charge in [-0.25, -0.2) is 4.98 Å². The van der Waals surface area contributed by atoms with Gasteiger partial charge in [0.2, 0.25) is 5.88 Å². The Bertz CT molecular complexity index is 312. The maximum absolute atomic E-state index is 5.18. The molecule has 1 heterocycles. The van der Waals surface area contributed by atoms with Gasteiger partial charge in [0.1, 0.15) is 0 Å². The number of aryl methyl sites for hydroxylation is 1. The maximum Gasteiger partial charge on any atom is 0.233 e. The van der Waals surface area contributed by atoms with Crippen molar-refractivity contribution in [3.63, 3.8) is 0 Å². The third-order valence-electron chi connectivity index (χ3n) is 1.20. The first kappa shape index (κ1) is 8.54. The molecule has 0 saturated carbocycles. The first-order valence-electron chi connectivity index (χ1n) is 3.64. The molecule has 0 bridgehead atoms. The van der Waals surface area contributed by atoms with Crippen LogP contribution < -0.4 is 4.74 Å². The zero-order valence-electron chi connectivity index (χ0n) is 7.16. The van der Waals surface area contributed by atoms with Gasteiger partial charge in [0.15, 0.2) is 6.61 Å². The molecule has 0 unspecified atom stereocenters. The van der Waals surface area contributed by atoms with E-state index in [1.807, 2.05) is 6.92 Å². The fourth-order valence-electron chi connectivity index (χ4n) is 0.692. The first-order chi connectivity index (χ1) is 5.83. The summed E-state index contributed by atoms with van der Waals surface area (Å²) < 4.78 is 5.18. The summed E-state index contributed by atoms with van der Waals surface area (Å²) in [5.74, 6) is 6.03. The second kappa shape index (κ2) is 4.35. The number of ether oxygens (including phenoxy) is 1. The Balaban J connectivity index is 2.55. The van der Waals surface area contributed by atoms with Crippen molar-refractivity contribution in [1.29, 1.82) is 0 Å². The fraction of sp³-hybridized carbons (Fsp3) is 0.333. The summed E-state index contributed by atoms with van der Waals surface area (Å²) in [5.41, 5.74) is 0.844. The number of hydrogen-bond acceptors (Lipinski definition) is 3. The van der Waals surface area contributed by atoms with Crippen LogP contribution in [0.1, 0.15) is 12.6 Å². The molecule has 0 saturated heterocycles. The van der Waals surface area contributed by atoms with Crippen LogP contribution in [0.2, 0.25) is 0 Å². The lowest BCUT2D eigenvalue weighted by atomic mass is 10.5. The van der Waals surface area contributed by atoms with E-state index in [1.54, 1.807) is 19.3 Å². The van der Waals surface area contributed by atoms with E-state index in [2.05, 4.69) is 21.8 Å². The summed E-state index contributed by atoms with van der Waals surface area (Å²) in [6.45, 7) is 4.01. The van der Waals surface area contributed by atoms with Gasteiger partial charge < -0.3 is 4.74 Å². The lowest BCUT2D eigenvalue weighted by molar-refractivity contribution is 0.352. The number of aromatic nitrogens is 2. The van der Waals surface area contributed by atoms with Gasteiger partial charge in [-0.2, -0.15) is 0 Å². The molecule has 0 spiro atoms. The van der Waals surface area contributed by atoms with Crippen molar-refractivity contribution in [3.05, 3.63) is 18.1 Å². The molecule has 0 radical (unpaired) electrons. The SMILES string of the molecule is CC#CCOc1cncc(C)n1. The maximum atomic E-state index is 5.18. The standard InChI is InChI=1S/C9H10N2O/c1-3-4-5-12-9-7-10-6-8(2)11-9/h6-7H,5H2,1-2H3. The Hall–Kier alpha value is -1.56. The lowest BCUT2D eigenvalue weighted by Gasteiger charge is -1.99. The predicted octanol–water partition coefficient (Wildman–Crippen LogP) is 1.19. The van der Waals surface area contributed by atoms with Crippen molar-refractivity contribution in [3.8, 4) is 17.7 Å². The summed E-state index contributed by atoms with van der Waals surface area (Å²) in [6.07, 6.45) is 3.25. The van der Waals surface area contributed by atoms with Gasteiger partial charge in [-0.05, 0) is 13.8 Å². The van der Waals surface area contributed by atoms with E-state index in [-0.39, 0.29) is 0 Å². The molecule has 3 heteroatoms. The van der Waals surface area contributed by atoms with Crippen LogP contribution >= 0.6 is 0 Å². The van der Waals surface area contributed by atoms with Crippen LogP contribution in [0.3, 0.4) is 0 Å². The smallest absolute Gasteiger partial charge is 0.233 e. The highest BCUT2D eigenvalue weighted by Gasteiger charge is 1.93. The largest absolute Gasteiger partial charge is 0.463 e. The Kier molecular flexibility index (Phi) is 3.09. The van der Waals surface area contributed by atoms with Crippen molar-refractivity contribution in [1.82, 2.24) is 9.97 Å². The molecular formula is C9H10N2O. The van der Waals surface area contributed by atoms with Crippen molar-refractivity contribution < 1.29 is 4.74 Å². The third-order valence-corrected chi connectivity index (χ3v) is 1.20. The topological polar surface area (TPSA) is 35.0 Å². The van der Waals surface area contributed by atoms with Crippen LogP contribution in [0.5, 0.6) is 5.88 Å². The molecule has 1 aromatic rings. The molecule has 12 heavy (non-hydrogen) atoms. The fourth-order valence-corrected chi connectivity index (χ4v) is 0.692. The molecule has 0 aliphatic rings. The monoisotopic (exact) mass is 162 g/mol. The molecule has 0 aliphatic heterocycles. The van der Waals surface area contributed by atoms with E-state index >= 15 is 0 Å². The van der Waals surface area contributed by atoms with Crippen molar-refractivity contribution >= 4 is 0 Å². The number of nitrogens with zero attached hydrogens (tertiary/aromatic N) is 2. The minimum Gasteiger partial charge on any atom is -0.463 e. The first-order valence-corrected chi connectivity index (χ1v) is 3.64. The van der Waals surface area contributed by atoms with Gasteiger partial charge in [0.25, 0.3) is 0 Å². The highest BCUT2D eigenvalue weighted by atomic mass is 16.5. The van der Waals surface area contributed by atoms with E-state index in [0.29, 0.717) is 12.5 Å². The Morgan fingerprint density at radius 1 is 1.50 bits per heavy atom. The van der Waals surface area contributed by atoms with Crippen LogP contribution in [-0.4, -0.2) is 16.6 Å². The van der Waals surface area contributed by atoms with Crippen molar-refractivity contribution in [2.24, 2.45) is 0 Å². The molecule has 0 N–H and O–H groups in total. The molecule has 0 aromatic carbocycles. The molecule has 1 aromatic heterocycles. The van der Waals surface area contributed by atoms with E-state index in [4.69, 9.17) is 4.74 Å². The zero-order chi connectivity index (χ0) is 8.81. The van der Waals surface area contributed by atoms with Gasteiger partial charge in [0.05, 0.1) is 11.9 Å². The zero-order valence-corrected chi connectivity index (χ0v) is 7.16. The van der Waals surface area contributed by atoms with E-state index in [9.17, 15) is 0 Å². The third kappa shape index (κ3) is 2.59. The van der Waals surface area contributed by atoms with Gasteiger partial charge in [-0.1, -0.05) is 5.92 Å². The average molecular weight is 162 g/mol. The minimum absolute atomic E-state index is 0.370. The molecule has 3 nitrogen and oxygen atoms in total. The summed E-state index contributed by atoms with van der Waals surface area (Å²) in [5, 5.41) is 0. The molecule has 0 amide bonds. The van der Waals surface area contributed by atoms with Gasteiger partial charge in [0, 0.05) is 6.20 Å². The quantitative estimate of drug-likeness (QED) is 0.612. The Morgan fingerprint density at radius 2 is 2.33 bits per heavy atom. The number of hydrogen-bond donors (Lipinski definition) is 0. The molecule has 0 atom stereocenters. The normalized spacial score (nSPS) is 8.50. The van der Waals surface area contributed by atoms with E-state index < -0.39 is 0 Å². The van der Waals surface area contributed by atoms with Crippen LogP contribution in [0.25, 0.3) is 0 Å². The highest BCUT2D eigenvalue weighted by molar-refractivity contribution is 5.08. The Morgan fingerprint density at radius 3 is 3.00 bits per heavy atom. The molecular weight excluding hydrogens is 152 g/mol. The molecule has 0 fully saturated rings. The van der Waals surface area contributed by atoms with Gasteiger partial charge >= 0.3 is 0 Å². The highest BCUT2D eigenvalue weighted by Crippen LogP contribution is 2.02. The van der Waals surface area contributed by atoms with Crippen LogP contribution in [0.15, 0.2) is 12.4 Å². The molecule has 62 valence electrons. The van der Waals surface area contributed by atoms with E-state index in [0.717, 1.165) is 5.69 Å². The van der Waals surface area contributed by atoms with Crippen LogP contribution in [0.4, 0.5) is 0 Å². The summed E-state index contributed by atoms with van der Waals surface area (Å²) in [4.78, 5) is 8.02. The second-order valence-electron chi connectivity index (χ2n) is 2.21. The second-order valence-corrected chi connectivity index (χ2v) is 2.21. The van der Waals surface area contributed by atoms with Crippen molar-refractivity contribution in [2.75, 3.05) is 6.61 Å². The van der Waals surface area contributed by atoms with Gasteiger partial charge in [-0.15, -0.1) is 5.92 Å². The number of rotatable bonds is 2. The minimum atomic E-state index is 0.370. The Labute approximate surface area is 71.8 Å².